The summed E-state index contributed by atoms with van der Waals surface area (Å²) < 4.78 is 9.47. The first-order valence-corrected chi connectivity index (χ1v) is 8.30. The van der Waals surface area contributed by atoms with E-state index in [0.717, 1.165) is 0 Å². The molecule has 7 nitrogen and oxygen atoms in total. The molecule has 0 aromatic rings. The zero-order valence-corrected chi connectivity index (χ0v) is 15.2. The molecule has 0 aromatic heterocycles. The number of hydrogen-bond donors (Lipinski definition) is 2. The second-order valence-electron chi connectivity index (χ2n) is 6.45. The molecule has 0 saturated carbocycles. The van der Waals surface area contributed by atoms with Gasteiger partial charge in [-0.15, -0.1) is 11.8 Å². The Morgan fingerprint density at radius 1 is 1.22 bits per heavy atom. The molecule has 0 radical (unpaired) electrons. The van der Waals surface area contributed by atoms with Gasteiger partial charge < -0.3 is 9.47 Å². The highest BCUT2D eigenvalue weighted by Gasteiger charge is 2.40. The van der Waals surface area contributed by atoms with Gasteiger partial charge in [0.1, 0.15) is 5.60 Å². The summed E-state index contributed by atoms with van der Waals surface area (Å²) in [6, 6.07) is 0. The second kappa shape index (κ2) is 7.25. The molecule has 0 spiro atoms. The minimum atomic E-state index is -0.771. The van der Waals surface area contributed by atoms with Crippen molar-refractivity contribution >= 4 is 29.7 Å². The summed E-state index contributed by atoms with van der Waals surface area (Å²) >= 11 is 1.46. The number of hydrazine groups is 1. The summed E-state index contributed by atoms with van der Waals surface area (Å²) in [4.78, 5) is 36.0. The van der Waals surface area contributed by atoms with Gasteiger partial charge in [0.15, 0.2) is 0 Å². The van der Waals surface area contributed by atoms with Crippen LogP contribution in [0.1, 0.15) is 41.5 Å². The Hall–Kier alpha value is -1.70. The van der Waals surface area contributed by atoms with E-state index in [9.17, 15) is 14.4 Å². The van der Waals surface area contributed by atoms with Gasteiger partial charge in [-0.2, -0.15) is 0 Å². The largest absolute Gasteiger partial charge is 0.463 e. The lowest BCUT2D eigenvalue weighted by Gasteiger charge is -2.22. The highest BCUT2D eigenvalue weighted by Crippen LogP contribution is 2.42. The Bertz CT molecular complexity index is 534. The molecule has 23 heavy (non-hydrogen) atoms. The zero-order valence-electron chi connectivity index (χ0n) is 14.4. The van der Waals surface area contributed by atoms with Crippen LogP contribution in [-0.2, 0) is 19.1 Å². The predicted molar refractivity (Wildman–Crippen MR) is 87.7 cm³/mol. The third-order valence-corrected chi connectivity index (χ3v) is 4.27. The van der Waals surface area contributed by atoms with Crippen LogP contribution in [0.15, 0.2) is 11.1 Å². The standard InChI is InChI=1S/C15H24N2O5S/c1-7-21-12(19)9-8-23-15(5,6)10(9)11(18)16-17-13(20)22-14(2,3)4/h7-8H2,1-6H3,(H,16,18)(H,17,20). The smallest absolute Gasteiger partial charge is 0.426 e. The highest BCUT2D eigenvalue weighted by molar-refractivity contribution is 8.01. The monoisotopic (exact) mass is 344 g/mol. The van der Waals surface area contributed by atoms with Gasteiger partial charge in [-0.1, -0.05) is 0 Å². The molecule has 1 heterocycles. The van der Waals surface area contributed by atoms with Crippen LogP contribution in [0.3, 0.4) is 0 Å². The van der Waals surface area contributed by atoms with Crippen molar-refractivity contribution in [2.75, 3.05) is 12.4 Å². The Labute approximate surface area is 140 Å². The maximum absolute atomic E-state index is 12.4. The van der Waals surface area contributed by atoms with Crippen LogP contribution in [0, 0.1) is 0 Å². The molecular formula is C15H24N2O5S. The number of thioether (sulfide) groups is 1. The molecule has 2 amide bonds. The molecule has 0 fully saturated rings. The Morgan fingerprint density at radius 2 is 1.83 bits per heavy atom. The number of hydrogen-bond acceptors (Lipinski definition) is 6. The second-order valence-corrected chi connectivity index (χ2v) is 8.05. The van der Waals surface area contributed by atoms with Gasteiger partial charge in [-0.25, -0.2) is 15.0 Å². The molecule has 0 saturated heterocycles. The number of esters is 1. The van der Waals surface area contributed by atoms with Gasteiger partial charge in [-0.05, 0) is 41.5 Å². The lowest BCUT2D eigenvalue weighted by Crippen LogP contribution is -2.46. The maximum Gasteiger partial charge on any atom is 0.426 e. The third-order valence-electron chi connectivity index (χ3n) is 2.91. The maximum atomic E-state index is 12.4. The quantitative estimate of drug-likeness (QED) is 0.600. The van der Waals surface area contributed by atoms with E-state index in [0.29, 0.717) is 16.9 Å². The Kier molecular flexibility index (Phi) is 6.10. The number of carbonyl (C=O) groups is 3. The molecule has 0 unspecified atom stereocenters. The number of ether oxygens (including phenoxy) is 2. The Balaban J connectivity index is 2.83. The lowest BCUT2D eigenvalue weighted by atomic mass is 9.97. The topological polar surface area (TPSA) is 93.7 Å². The van der Waals surface area contributed by atoms with Crippen molar-refractivity contribution in [1.29, 1.82) is 0 Å². The highest BCUT2D eigenvalue weighted by atomic mass is 32.2. The summed E-state index contributed by atoms with van der Waals surface area (Å²) in [6.07, 6.45) is -0.771. The van der Waals surface area contributed by atoms with E-state index in [2.05, 4.69) is 10.9 Å². The predicted octanol–water partition coefficient (Wildman–Crippen LogP) is 1.93. The summed E-state index contributed by atoms with van der Waals surface area (Å²) in [6.45, 7) is 10.8. The van der Waals surface area contributed by atoms with E-state index in [1.165, 1.54) is 11.8 Å². The van der Waals surface area contributed by atoms with E-state index in [-0.39, 0.29) is 6.61 Å². The fraction of sp³-hybridized carbons (Fsp3) is 0.667. The number of nitrogens with one attached hydrogen (secondary N) is 2. The molecule has 0 bridgehead atoms. The third kappa shape index (κ3) is 5.46. The van der Waals surface area contributed by atoms with E-state index < -0.39 is 28.3 Å². The lowest BCUT2D eigenvalue weighted by molar-refractivity contribution is -0.138. The average Bonchev–Trinajstić information content (AvgIpc) is 2.70. The van der Waals surface area contributed by atoms with Crippen LogP contribution in [0.2, 0.25) is 0 Å². The number of amides is 2. The van der Waals surface area contributed by atoms with Crippen molar-refractivity contribution in [1.82, 2.24) is 10.9 Å². The normalized spacial score (nSPS) is 16.8. The van der Waals surface area contributed by atoms with Gasteiger partial charge in [0.25, 0.3) is 5.91 Å². The van der Waals surface area contributed by atoms with E-state index >= 15 is 0 Å². The zero-order chi connectivity index (χ0) is 17.8. The molecule has 0 atom stereocenters. The first kappa shape index (κ1) is 19.3. The van der Waals surface area contributed by atoms with Crippen molar-refractivity contribution < 1.29 is 23.9 Å². The van der Waals surface area contributed by atoms with E-state index in [1.807, 2.05) is 13.8 Å². The molecular weight excluding hydrogens is 320 g/mol. The van der Waals surface area contributed by atoms with Crippen molar-refractivity contribution in [3.8, 4) is 0 Å². The van der Waals surface area contributed by atoms with Gasteiger partial charge in [0.2, 0.25) is 0 Å². The molecule has 130 valence electrons. The molecule has 0 aliphatic carbocycles. The fourth-order valence-electron chi connectivity index (χ4n) is 2.02. The van der Waals surface area contributed by atoms with Crippen molar-refractivity contribution in [2.45, 2.75) is 51.9 Å². The SMILES string of the molecule is CCOC(=O)C1=C(C(=O)NNC(=O)OC(C)(C)C)C(C)(C)SC1. The van der Waals surface area contributed by atoms with Crippen LogP contribution in [0.5, 0.6) is 0 Å². The molecule has 1 aliphatic rings. The summed E-state index contributed by atoms with van der Waals surface area (Å²) in [5.74, 6) is -0.664. The summed E-state index contributed by atoms with van der Waals surface area (Å²) in [7, 11) is 0. The van der Waals surface area contributed by atoms with Crippen molar-refractivity contribution in [2.24, 2.45) is 0 Å². The molecule has 8 heteroatoms. The molecule has 1 aliphatic heterocycles. The van der Waals surface area contributed by atoms with E-state index in [4.69, 9.17) is 9.47 Å². The van der Waals surface area contributed by atoms with Crippen LogP contribution < -0.4 is 10.9 Å². The van der Waals surface area contributed by atoms with Crippen LogP contribution in [0.4, 0.5) is 4.79 Å². The minimum absolute atomic E-state index is 0.235. The summed E-state index contributed by atoms with van der Waals surface area (Å²) in [5.41, 5.74) is 4.43. The van der Waals surface area contributed by atoms with Crippen molar-refractivity contribution in [3.05, 3.63) is 11.1 Å². The molecule has 0 aromatic carbocycles. The van der Waals surface area contributed by atoms with Crippen LogP contribution >= 0.6 is 11.8 Å². The van der Waals surface area contributed by atoms with Gasteiger partial charge in [0.05, 0.1) is 12.2 Å². The minimum Gasteiger partial charge on any atom is -0.463 e. The van der Waals surface area contributed by atoms with E-state index in [1.54, 1.807) is 27.7 Å². The first-order chi connectivity index (χ1) is 10.5. The van der Waals surface area contributed by atoms with Crippen LogP contribution in [0.25, 0.3) is 0 Å². The average molecular weight is 344 g/mol. The van der Waals surface area contributed by atoms with Crippen molar-refractivity contribution in [3.63, 3.8) is 0 Å². The first-order valence-electron chi connectivity index (χ1n) is 7.32. The number of rotatable bonds is 3. The van der Waals surface area contributed by atoms with Gasteiger partial charge in [0, 0.05) is 16.1 Å². The van der Waals surface area contributed by atoms with Gasteiger partial charge in [-0.3, -0.25) is 10.2 Å². The molecule has 2 N–H and O–H groups in total. The van der Waals surface area contributed by atoms with Gasteiger partial charge >= 0.3 is 12.1 Å². The fourth-order valence-corrected chi connectivity index (χ4v) is 3.15. The number of carbonyl (C=O) groups excluding carboxylic acids is 3. The molecule has 1 rings (SSSR count). The Morgan fingerprint density at radius 3 is 2.35 bits per heavy atom. The van der Waals surface area contributed by atoms with Crippen LogP contribution in [-0.4, -0.2) is 40.7 Å². The summed E-state index contributed by atoms with van der Waals surface area (Å²) in [5, 5.41) is 0.